The van der Waals surface area contributed by atoms with E-state index in [-0.39, 0.29) is 11.9 Å². The molecule has 3 rings (SSSR count). The molecule has 7 nitrogen and oxygen atoms in total. The van der Waals surface area contributed by atoms with Gasteiger partial charge in [0.15, 0.2) is 5.13 Å². The Labute approximate surface area is 168 Å². The van der Waals surface area contributed by atoms with Crippen LogP contribution in [0.15, 0.2) is 41.9 Å². The zero-order chi connectivity index (χ0) is 20.5. The number of hydrogen-bond acceptors (Lipinski definition) is 5. The van der Waals surface area contributed by atoms with Crippen LogP contribution in [0.25, 0.3) is 5.13 Å². The molecule has 2 N–H and O–H groups in total. The monoisotopic (exact) mass is 418 g/mol. The Morgan fingerprint density at radius 3 is 2.64 bits per heavy atom. The summed E-state index contributed by atoms with van der Waals surface area (Å²) in [5.74, 6) is -0.190. The van der Waals surface area contributed by atoms with E-state index in [4.69, 9.17) is 0 Å². The molecule has 0 aliphatic heterocycles. The van der Waals surface area contributed by atoms with E-state index in [1.54, 1.807) is 24.4 Å². The Kier molecular flexibility index (Phi) is 5.57. The first-order valence-electron chi connectivity index (χ1n) is 8.63. The van der Waals surface area contributed by atoms with Crippen LogP contribution in [0, 0.1) is 13.8 Å². The summed E-state index contributed by atoms with van der Waals surface area (Å²) in [4.78, 5) is 17.2. The van der Waals surface area contributed by atoms with Crippen molar-refractivity contribution >= 4 is 33.0 Å². The highest BCUT2D eigenvalue weighted by atomic mass is 32.2. The molecule has 3 aromatic rings. The van der Waals surface area contributed by atoms with Crippen LogP contribution in [0.4, 0.5) is 5.69 Å². The van der Waals surface area contributed by atoms with Crippen molar-refractivity contribution < 1.29 is 13.2 Å². The number of sulfonamides is 1. The highest BCUT2D eigenvalue weighted by Crippen LogP contribution is 2.24. The quantitative estimate of drug-likeness (QED) is 0.641. The summed E-state index contributed by atoms with van der Waals surface area (Å²) in [7, 11) is -3.36. The smallest absolute Gasteiger partial charge is 0.253 e. The van der Waals surface area contributed by atoms with Crippen molar-refractivity contribution in [3.63, 3.8) is 0 Å². The van der Waals surface area contributed by atoms with E-state index in [1.807, 2.05) is 42.9 Å². The van der Waals surface area contributed by atoms with Crippen molar-refractivity contribution in [2.45, 2.75) is 26.8 Å². The second kappa shape index (κ2) is 7.76. The summed E-state index contributed by atoms with van der Waals surface area (Å²) in [6, 6.07) is 8.53. The summed E-state index contributed by atoms with van der Waals surface area (Å²) >= 11 is 1.51. The molecule has 148 valence electrons. The first-order chi connectivity index (χ1) is 13.2. The Morgan fingerprint density at radius 1 is 1.25 bits per heavy atom. The standard InChI is InChI=1S/C19H22N4O3S2/c1-12-10-17(14(3)23(12)19-20-8-9-27-19)18(24)21-13(2)15-6-5-7-16(11-15)22-28(4,25)26/h5-11,13,22H,1-4H3,(H,21,24). The third-order valence-electron chi connectivity index (χ3n) is 4.32. The molecule has 28 heavy (non-hydrogen) atoms. The van der Waals surface area contributed by atoms with Crippen molar-refractivity contribution in [3.8, 4) is 5.13 Å². The van der Waals surface area contributed by atoms with E-state index in [0.29, 0.717) is 11.3 Å². The molecule has 0 aliphatic carbocycles. The summed E-state index contributed by atoms with van der Waals surface area (Å²) in [5.41, 5.74) is 3.61. The molecule has 0 saturated carbocycles. The highest BCUT2D eigenvalue weighted by molar-refractivity contribution is 7.92. The predicted octanol–water partition coefficient (Wildman–Crippen LogP) is 3.41. The van der Waals surface area contributed by atoms with E-state index >= 15 is 0 Å². The molecule has 0 spiro atoms. The van der Waals surface area contributed by atoms with Gasteiger partial charge in [-0.15, -0.1) is 11.3 Å². The van der Waals surface area contributed by atoms with Gasteiger partial charge < -0.3 is 5.32 Å². The molecular formula is C19H22N4O3S2. The lowest BCUT2D eigenvalue weighted by atomic mass is 10.1. The normalized spacial score (nSPS) is 12.6. The van der Waals surface area contributed by atoms with E-state index in [1.165, 1.54) is 11.3 Å². The van der Waals surface area contributed by atoms with Crippen LogP contribution in [0.3, 0.4) is 0 Å². The zero-order valence-electron chi connectivity index (χ0n) is 16.1. The van der Waals surface area contributed by atoms with E-state index in [0.717, 1.165) is 28.3 Å². The van der Waals surface area contributed by atoms with Gasteiger partial charge in [0.1, 0.15) is 0 Å². The van der Waals surface area contributed by atoms with Gasteiger partial charge in [-0.05, 0) is 44.5 Å². The maximum Gasteiger partial charge on any atom is 0.253 e. The van der Waals surface area contributed by atoms with Gasteiger partial charge >= 0.3 is 0 Å². The number of amides is 1. The minimum absolute atomic E-state index is 0.190. The molecule has 1 aromatic carbocycles. The second-order valence-electron chi connectivity index (χ2n) is 6.63. The van der Waals surface area contributed by atoms with Gasteiger partial charge in [0.2, 0.25) is 10.0 Å². The number of rotatable bonds is 6. The van der Waals surface area contributed by atoms with E-state index < -0.39 is 10.0 Å². The van der Waals surface area contributed by atoms with Crippen LogP contribution >= 0.6 is 11.3 Å². The largest absolute Gasteiger partial charge is 0.345 e. The van der Waals surface area contributed by atoms with Crippen molar-refractivity contribution in [2.24, 2.45) is 0 Å². The van der Waals surface area contributed by atoms with Gasteiger partial charge in [-0.2, -0.15) is 0 Å². The van der Waals surface area contributed by atoms with Crippen molar-refractivity contribution in [2.75, 3.05) is 11.0 Å². The average Bonchev–Trinajstić information content (AvgIpc) is 3.21. The van der Waals surface area contributed by atoms with Gasteiger partial charge in [0.05, 0.1) is 17.9 Å². The summed E-state index contributed by atoms with van der Waals surface area (Å²) in [6.07, 6.45) is 2.83. The molecule has 0 fully saturated rings. The molecule has 0 bridgehead atoms. The summed E-state index contributed by atoms with van der Waals surface area (Å²) in [5, 5.41) is 5.70. The molecule has 0 aliphatic rings. The fourth-order valence-electron chi connectivity index (χ4n) is 3.06. The number of benzene rings is 1. The first kappa shape index (κ1) is 20.1. The molecule has 2 heterocycles. The number of carbonyl (C=O) groups is 1. The number of carbonyl (C=O) groups excluding carboxylic acids is 1. The minimum Gasteiger partial charge on any atom is -0.345 e. The van der Waals surface area contributed by atoms with E-state index in [2.05, 4.69) is 15.0 Å². The topological polar surface area (TPSA) is 93.1 Å². The maximum absolute atomic E-state index is 12.8. The molecule has 1 atom stereocenters. The van der Waals surface area contributed by atoms with Crippen LogP contribution in [0.5, 0.6) is 0 Å². The number of aromatic nitrogens is 2. The van der Waals surface area contributed by atoms with Gasteiger partial charge in [-0.3, -0.25) is 14.1 Å². The number of anilines is 1. The highest BCUT2D eigenvalue weighted by Gasteiger charge is 2.19. The number of aryl methyl sites for hydroxylation is 1. The number of hydrogen-bond donors (Lipinski definition) is 2. The predicted molar refractivity (Wildman–Crippen MR) is 112 cm³/mol. The van der Waals surface area contributed by atoms with Crippen molar-refractivity contribution in [3.05, 3.63) is 64.4 Å². The maximum atomic E-state index is 12.8. The number of nitrogens with one attached hydrogen (secondary N) is 2. The first-order valence-corrected chi connectivity index (χ1v) is 11.4. The van der Waals surface area contributed by atoms with Gasteiger partial charge in [0.25, 0.3) is 5.91 Å². The molecule has 9 heteroatoms. The minimum atomic E-state index is -3.36. The van der Waals surface area contributed by atoms with Crippen LogP contribution in [-0.2, 0) is 10.0 Å². The molecule has 1 unspecified atom stereocenters. The number of thiazole rings is 1. The summed E-state index contributed by atoms with van der Waals surface area (Å²) in [6.45, 7) is 5.69. The molecule has 2 aromatic heterocycles. The zero-order valence-corrected chi connectivity index (χ0v) is 17.7. The second-order valence-corrected chi connectivity index (χ2v) is 9.25. The average molecular weight is 419 g/mol. The van der Waals surface area contributed by atoms with Gasteiger partial charge in [-0.1, -0.05) is 12.1 Å². The lowest BCUT2D eigenvalue weighted by molar-refractivity contribution is 0.0939. The molecular weight excluding hydrogens is 396 g/mol. The molecule has 1 amide bonds. The third-order valence-corrected chi connectivity index (χ3v) is 5.69. The van der Waals surface area contributed by atoms with Crippen molar-refractivity contribution in [1.82, 2.24) is 14.9 Å². The third kappa shape index (κ3) is 4.42. The molecule has 0 radical (unpaired) electrons. The Morgan fingerprint density at radius 2 is 2.00 bits per heavy atom. The SMILES string of the molecule is Cc1cc(C(=O)NC(C)c2cccc(NS(C)(=O)=O)c2)c(C)n1-c1nccs1. The fraction of sp³-hybridized carbons (Fsp3) is 0.263. The number of nitrogens with zero attached hydrogens (tertiary/aromatic N) is 2. The molecule has 0 saturated heterocycles. The van der Waals surface area contributed by atoms with Gasteiger partial charge in [0, 0.05) is 28.7 Å². The van der Waals surface area contributed by atoms with Crippen LogP contribution < -0.4 is 10.0 Å². The Balaban J connectivity index is 1.80. The van der Waals surface area contributed by atoms with Crippen LogP contribution in [0.1, 0.15) is 40.3 Å². The van der Waals surface area contributed by atoms with Crippen LogP contribution in [-0.4, -0.2) is 30.1 Å². The van der Waals surface area contributed by atoms with Crippen LogP contribution in [0.2, 0.25) is 0 Å². The Bertz CT molecular complexity index is 1100. The van der Waals surface area contributed by atoms with Crippen molar-refractivity contribution in [1.29, 1.82) is 0 Å². The van der Waals surface area contributed by atoms with E-state index in [9.17, 15) is 13.2 Å². The van der Waals surface area contributed by atoms with Gasteiger partial charge in [-0.25, -0.2) is 13.4 Å². The summed E-state index contributed by atoms with van der Waals surface area (Å²) < 4.78 is 27.3. The lowest BCUT2D eigenvalue weighted by Gasteiger charge is -2.16. The fourth-order valence-corrected chi connectivity index (χ4v) is 4.36. The lowest BCUT2D eigenvalue weighted by Crippen LogP contribution is -2.27. The Hall–Kier alpha value is -2.65.